The Balaban J connectivity index is 1.38. The standard InChI is InChI=1S/C24H25N3O2S/c1-14-18(25-23(28)27-7-9-29-10-8-27)12-16-17-13-24(17,2)26-22(16)21(14)20-11-15-5-3-4-6-19(15)30-20/h3-6,11-14,18,26H,7-10H2,1-2H3,(H,25,28). The molecule has 1 aromatic heterocycles. The van der Waals surface area contributed by atoms with Crippen LogP contribution in [0.3, 0.4) is 0 Å². The number of hydrogen-bond acceptors (Lipinski definition) is 4. The first-order valence-corrected chi connectivity index (χ1v) is 11.5. The summed E-state index contributed by atoms with van der Waals surface area (Å²) in [5.74, 6) is 0.177. The van der Waals surface area contributed by atoms with Crippen LogP contribution in [-0.2, 0) is 4.74 Å². The number of morpholine rings is 1. The minimum Gasteiger partial charge on any atom is -0.378 e. The third kappa shape index (κ3) is 2.74. The maximum absolute atomic E-state index is 12.9. The van der Waals surface area contributed by atoms with Crippen LogP contribution in [0.4, 0.5) is 4.79 Å². The third-order valence-electron chi connectivity index (χ3n) is 6.74. The maximum Gasteiger partial charge on any atom is 0.318 e. The van der Waals surface area contributed by atoms with E-state index in [0.717, 1.165) is 0 Å². The quantitative estimate of drug-likeness (QED) is 0.776. The molecule has 3 heterocycles. The fraction of sp³-hybridized carbons (Fsp3) is 0.375. The summed E-state index contributed by atoms with van der Waals surface area (Å²) in [6.45, 7) is 6.98. The van der Waals surface area contributed by atoms with Gasteiger partial charge in [0.15, 0.2) is 0 Å². The first kappa shape index (κ1) is 18.2. The molecule has 2 aliphatic heterocycles. The van der Waals surface area contributed by atoms with Gasteiger partial charge in [-0.25, -0.2) is 4.79 Å². The topological polar surface area (TPSA) is 53.6 Å². The number of thiophene rings is 1. The van der Waals surface area contributed by atoms with Gasteiger partial charge in [-0.3, -0.25) is 0 Å². The van der Waals surface area contributed by atoms with E-state index in [4.69, 9.17) is 4.74 Å². The molecule has 6 heteroatoms. The predicted molar refractivity (Wildman–Crippen MR) is 120 cm³/mol. The van der Waals surface area contributed by atoms with E-state index in [1.54, 1.807) is 0 Å². The van der Waals surface area contributed by atoms with Gasteiger partial charge in [-0.1, -0.05) is 31.2 Å². The molecular formula is C24H25N3O2S. The number of rotatable bonds is 2. The van der Waals surface area contributed by atoms with E-state index >= 15 is 0 Å². The van der Waals surface area contributed by atoms with Crippen molar-refractivity contribution in [2.75, 3.05) is 26.3 Å². The second kappa shape index (κ2) is 6.46. The van der Waals surface area contributed by atoms with Gasteiger partial charge in [0, 0.05) is 39.9 Å². The molecule has 6 rings (SSSR count). The number of nitrogens with one attached hydrogen (secondary N) is 2. The largest absolute Gasteiger partial charge is 0.378 e. The molecule has 0 radical (unpaired) electrons. The fourth-order valence-corrected chi connectivity index (χ4v) is 6.13. The SMILES string of the molecule is CC1C(c2cc3ccccc3s2)=C2NC3(C)C=C3C2=CC1NC(=O)N1CCOCC1. The van der Waals surface area contributed by atoms with E-state index in [0.29, 0.717) is 26.3 Å². The van der Waals surface area contributed by atoms with Crippen molar-refractivity contribution in [3.8, 4) is 0 Å². The first-order valence-electron chi connectivity index (χ1n) is 10.6. The molecule has 3 unspecified atom stereocenters. The summed E-state index contributed by atoms with van der Waals surface area (Å²) in [7, 11) is 0. The maximum atomic E-state index is 12.9. The van der Waals surface area contributed by atoms with E-state index in [1.807, 2.05) is 16.2 Å². The fourth-order valence-electron chi connectivity index (χ4n) is 4.92. The molecule has 2 saturated heterocycles. The van der Waals surface area contributed by atoms with Crippen molar-refractivity contribution in [3.05, 3.63) is 64.2 Å². The van der Waals surface area contributed by atoms with Crippen LogP contribution in [0.25, 0.3) is 15.7 Å². The predicted octanol–water partition coefficient (Wildman–Crippen LogP) is 3.90. The van der Waals surface area contributed by atoms with Crippen LogP contribution in [0, 0.1) is 5.92 Å². The summed E-state index contributed by atoms with van der Waals surface area (Å²) >= 11 is 1.84. The van der Waals surface area contributed by atoms with Gasteiger partial charge in [0.1, 0.15) is 0 Å². The summed E-state index contributed by atoms with van der Waals surface area (Å²) < 4.78 is 6.69. The van der Waals surface area contributed by atoms with E-state index in [1.165, 1.54) is 37.4 Å². The Hall–Kier alpha value is -2.57. The number of fused-ring (bicyclic) bond motifs is 4. The van der Waals surface area contributed by atoms with Crippen molar-refractivity contribution in [1.29, 1.82) is 0 Å². The molecule has 3 atom stereocenters. The van der Waals surface area contributed by atoms with Gasteiger partial charge in [0.05, 0.1) is 24.8 Å². The molecule has 30 heavy (non-hydrogen) atoms. The van der Waals surface area contributed by atoms with E-state index < -0.39 is 0 Å². The van der Waals surface area contributed by atoms with Gasteiger partial charge >= 0.3 is 6.03 Å². The number of urea groups is 1. The highest BCUT2D eigenvalue weighted by Gasteiger charge is 2.51. The molecule has 5 nitrogen and oxygen atoms in total. The van der Waals surface area contributed by atoms with Crippen molar-refractivity contribution in [2.45, 2.75) is 25.4 Å². The van der Waals surface area contributed by atoms with E-state index in [2.05, 4.69) is 67.0 Å². The van der Waals surface area contributed by atoms with Crippen LogP contribution in [0.15, 0.2) is 59.3 Å². The zero-order valence-corrected chi connectivity index (χ0v) is 18.0. The molecule has 2 amide bonds. The van der Waals surface area contributed by atoms with Crippen LogP contribution < -0.4 is 10.6 Å². The lowest BCUT2D eigenvalue weighted by Gasteiger charge is -2.34. The molecule has 1 aromatic carbocycles. The molecule has 0 spiro atoms. The summed E-state index contributed by atoms with van der Waals surface area (Å²) in [6, 6.07) is 10.8. The zero-order valence-electron chi connectivity index (χ0n) is 17.2. The number of nitrogens with zero attached hydrogens (tertiary/aromatic N) is 1. The molecule has 2 N–H and O–H groups in total. The van der Waals surface area contributed by atoms with Crippen LogP contribution in [-0.4, -0.2) is 48.8 Å². The molecule has 2 fully saturated rings. The normalized spacial score (nSPS) is 29.7. The summed E-state index contributed by atoms with van der Waals surface area (Å²) in [5.41, 5.74) is 5.15. The number of amides is 2. The van der Waals surface area contributed by atoms with Gasteiger partial charge in [0.25, 0.3) is 0 Å². The van der Waals surface area contributed by atoms with Crippen molar-refractivity contribution < 1.29 is 9.53 Å². The van der Waals surface area contributed by atoms with Crippen LogP contribution in [0.2, 0.25) is 0 Å². The minimum absolute atomic E-state index is 0.00429. The molecule has 0 saturated carbocycles. The monoisotopic (exact) mass is 419 g/mol. The second-order valence-electron chi connectivity index (χ2n) is 8.77. The van der Waals surface area contributed by atoms with Crippen molar-refractivity contribution in [2.24, 2.45) is 5.92 Å². The van der Waals surface area contributed by atoms with Crippen LogP contribution >= 0.6 is 11.3 Å². The Morgan fingerprint density at radius 2 is 2.10 bits per heavy atom. The highest BCUT2D eigenvalue weighted by molar-refractivity contribution is 7.20. The smallest absolute Gasteiger partial charge is 0.318 e. The molecule has 4 aliphatic rings. The zero-order chi connectivity index (χ0) is 20.5. The summed E-state index contributed by atoms with van der Waals surface area (Å²) in [6.07, 6.45) is 4.54. The Bertz CT molecular complexity index is 1120. The van der Waals surface area contributed by atoms with Gasteiger partial charge in [0.2, 0.25) is 0 Å². The Kier molecular flexibility index (Phi) is 3.92. The van der Waals surface area contributed by atoms with Crippen molar-refractivity contribution >= 4 is 33.0 Å². The van der Waals surface area contributed by atoms with Gasteiger partial charge in [-0.2, -0.15) is 0 Å². The lowest BCUT2D eigenvalue weighted by Crippen LogP contribution is -2.51. The number of allylic oxidation sites excluding steroid dienone is 1. The Morgan fingerprint density at radius 1 is 1.30 bits per heavy atom. The first-order chi connectivity index (χ1) is 14.5. The van der Waals surface area contributed by atoms with Crippen molar-refractivity contribution in [3.63, 3.8) is 0 Å². The molecule has 2 aliphatic carbocycles. The van der Waals surface area contributed by atoms with Crippen LogP contribution in [0.5, 0.6) is 0 Å². The second-order valence-corrected chi connectivity index (χ2v) is 9.85. The third-order valence-corrected chi connectivity index (χ3v) is 7.89. The van der Waals surface area contributed by atoms with Gasteiger partial charge < -0.3 is 20.3 Å². The minimum atomic E-state index is -0.0371. The van der Waals surface area contributed by atoms with Crippen molar-refractivity contribution in [1.82, 2.24) is 15.5 Å². The van der Waals surface area contributed by atoms with Gasteiger partial charge in [-0.15, -0.1) is 11.3 Å². The number of ether oxygens (including phenoxy) is 1. The number of hydrogen-bond donors (Lipinski definition) is 2. The summed E-state index contributed by atoms with van der Waals surface area (Å²) in [5, 5.41) is 8.33. The average Bonchev–Trinajstić information content (AvgIpc) is 3.11. The molecule has 0 bridgehead atoms. The number of carbonyl (C=O) groups excluding carboxylic acids is 1. The highest BCUT2D eigenvalue weighted by atomic mass is 32.1. The molecule has 2 aromatic rings. The lowest BCUT2D eigenvalue weighted by atomic mass is 9.82. The average molecular weight is 420 g/mol. The highest BCUT2D eigenvalue weighted by Crippen LogP contribution is 2.54. The van der Waals surface area contributed by atoms with E-state index in [9.17, 15) is 4.79 Å². The number of benzene rings is 1. The van der Waals surface area contributed by atoms with Crippen LogP contribution in [0.1, 0.15) is 18.7 Å². The Labute approximate surface area is 180 Å². The number of carbonyl (C=O) groups is 1. The molecule has 154 valence electrons. The molecular weight excluding hydrogens is 394 g/mol. The van der Waals surface area contributed by atoms with E-state index in [-0.39, 0.29) is 23.5 Å². The van der Waals surface area contributed by atoms with Gasteiger partial charge in [-0.05, 0) is 41.7 Å². The summed E-state index contributed by atoms with van der Waals surface area (Å²) in [4.78, 5) is 16.1. The lowest BCUT2D eigenvalue weighted by molar-refractivity contribution is 0.0526. The Morgan fingerprint density at radius 3 is 2.90 bits per heavy atom.